The van der Waals surface area contributed by atoms with Crippen molar-refractivity contribution in [2.45, 2.75) is 25.3 Å². The predicted octanol–water partition coefficient (Wildman–Crippen LogP) is 1.09. The Kier molecular flexibility index (Phi) is 6.10. The number of hydrogen-bond donors (Lipinski definition) is 1. The van der Waals surface area contributed by atoms with Crippen molar-refractivity contribution in [1.29, 1.82) is 0 Å². The van der Waals surface area contributed by atoms with Gasteiger partial charge in [0.15, 0.2) is 0 Å². The number of carboxylic acid groups (broad SMARTS) is 1. The molecule has 1 heterocycles. The maximum absolute atomic E-state index is 11.3. The molecule has 1 amide bonds. The van der Waals surface area contributed by atoms with Crippen LogP contribution in [0.2, 0.25) is 0 Å². The van der Waals surface area contributed by atoms with Crippen LogP contribution < -0.4 is 10.4 Å². The second kappa shape index (κ2) is 8.28. The highest BCUT2D eigenvalue weighted by Crippen LogP contribution is 2.13. The lowest BCUT2D eigenvalue weighted by molar-refractivity contribution is -0.384. The molecule has 2 rings (SSSR count). The first-order valence-electron chi connectivity index (χ1n) is 7.64. The van der Waals surface area contributed by atoms with Crippen molar-refractivity contribution >= 4 is 11.8 Å². The zero-order chi connectivity index (χ0) is 16.7. The molecule has 0 radical (unpaired) electrons. The van der Waals surface area contributed by atoms with Gasteiger partial charge in [-0.2, -0.15) is 0 Å². The smallest absolute Gasteiger partial charge is 0.269 e. The Morgan fingerprint density at radius 1 is 1.26 bits per heavy atom. The number of nitro benzene ring substituents is 1. The quantitative estimate of drug-likeness (QED) is 0.481. The number of amides is 1. The lowest BCUT2D eigenvalue weighted by atomic mass is 10.1. The topological polar surface area (TPSA) is 98.5 Å². The minimum atomic E-state index is -1.14. The standard InChI is InChI=1S/C16H21N3O4/c20-16(21)18(14-8-10-17-11-9-14)12-2-1-3-13-4-6-15(7-5-13)19(22)23/h1-2,4-7,14,17H,3,8-12H2,(H,20,21)/p-1. The van der Waals surface area contributed by atoms with Gasteiger partial charge in [0, 0.05) is 24.7 Å². The Bertz CT molecular complexity index is 565. The number of benzene rings is 1. The van der Waals surface area contributed by atoms with Gasteiger partial charge in [0.25, 0.3) is 5.69 Å². The number of allylic oxidation sites excluding steroid dienone is 1. The fourth-order valence-corrected chi connectivity index (χ4v) is 2.65. The van der Waals surface area contributed by atoms with E-state index in [1.54, 1.807) is 18.2 Å². The number of non-ortho nitro benzene ring substituents is 1. The summed E-state index contributed by atoms with van der Waals surface area (Å²) in [4.78, 5) is 22.8. The van der Waals surface area contributed by atoms with Crippen molar-refractivity contribution in [3.05, 3.63) is 52.1 Å². The van der Waals surface area contributed by atoms with Crippen LogP contribution in [0.15, 0.2) is 36.4 Å². The van der Waals surface area contributed by atoms with Crippen molar-refractivity contribution in [1.82, 2.24) is 10.2 Å². The van der Waals surface area contributed by atoms with Gasteiger partial charge in [-0.3, -0.25) is 10.1 Å². The van der Waals surface area contributed by atoms with Crippen LogP contribution >= 0.6 is 0 Å². The SMILES string of the molecule is O=C([O-])N(CC=CCc1ccc([N+](=O)[O-])cc1)C1CCNCC1. The summed E-state index contributed by atoms with van der Waals surface area (Å²) in [7, 11) is 0. The van der Waals surface area contributed by atoms with E-state index in [1.165, 1.54) is 17.0 Å². The highest BCUT2D eigenvalue weighted by Gasteiger charge is 2.19. The number of nitrogens with one attached hydrogen (secondary N) is 1. The maximum atomic E-state index is 11.3. The number of hydrogen-bond acceptors (Lipinski definition) is 5. The van der Waals surface area contributed by atoms with Crippen molar-refractivity contribution in [3.63, 3.8) is 0 Å². The molecule has 23 heavy (non-hydrogen) atoms. The number of nitrogens with zero attached hydrogens (tertiary/aromatic N) is 2. The minimum absolute atomic E-state index is 0.00488. The summed E-state index contributed by atoms with van der Waals surface area (Å²) in [5, 5.41) is 25.0. The van der Waals surface area contributed by atoms with Crippen molar-refractivity contribution in [2.24, 2.45) is 0 Å². The fraction of sp³-hybridized carbons (Fsp3) is 0.438. The molecule has 1 aromatic carbocycles. The summed E-state index contributed by atoms with van der Waals surface area (Å²) in [6.45, 7) is 1.95. The van der Waals surface area contributed by atoms with E-state index in [0.717, 1.165) is 31.5 Å². The number of carbonyl (C=O) groups excluding carboxylic acids is 1. The van der Waals surface area contributed by atoms with Gasteiger partial charge >= 0.3 is 0 Å². The lowest BCUT2D eigenvalue weighted by Crippen LogP contribution is -2.51. The van der Waals surface area contributed by atoms with E-state index in [9.17, 15) is 20.0 Å². The molecule has 7 nitrogen and oxygen atoms in total. The van der Waals surface area contributed by atoms with Crippen LogP contribution in [0.25, 0.3) is 0 Å². The number of piperidine rings is 1. The predicted molar refractivity (Wildman–Crippen MR) is 83.9 cm³/mol. The van der Waals surface area contributed by atoms with Gasteiger partial charge in [0.2, 0.25) is 0 Å². The third-order valence-corrected chi connectivity index (χ3v) is 3.95. The Morgan fingerprint density at radius 2 is 1.91 bits per heavy atom. The molecule has 124 valence electrons. The molecular weight excluding hydrogens is 298 g/mol. The molecular formula is C16H20N3O4-. The molecule has 1 N–H and O–H groups in total. The van der Waals surface area contributed by atoms with E-state index in [-0.39, 0.29) is 11.7 Å². The highest BCUT2D eigenvalue weighted by atomic mass is 16.6. The Morgan fingerprint density at radius 3 is 2.48 bits per heavy atom. The molecule has 0 aromatic heterocycles. The molecule has 0 spiro atoms. The van der Waals surface area contributed by atoms with E-state index in [1.807, 2.05) is 6.08 Å². The van der Waals surface area contributed by atoms with Gasteiger partial charge in [0.1, 0.15) is 6.09 Å². The molecule has 7 heteroatoms. The van der Waals surface area contributed by atoms with E-state index in [4.69, 9.17) is 0 Å². The van der Waals surface area contributed by atoms with E-state index in [0.29, 0.717) is 13.0 Å². The van der Waals surface area contributed by atoms with Crippen LogP contribution in [0, 0.1) is 10.1 Å². The van der Waals surface area contributed by atoms with Crippen LogP contribution in [0.1, 0.15) is 18.4 Å². The zero-order valence-electron chi connectivity index (χ0n) is 12.8. The van der Waals surface area contributed by atoms with Gasteiger partial charge in [-0.15, -0.1) is 0 Å². The van der Waals surface area contributed by atoms with E-state index < -0.39 is 11.0 Å². The van der Waals surface area contributed by atoms with E-state index >= 15 is 0 Å². The molecule has 0 bridgehead atoms. The maximum Gasteiger partial charge on any atom is 0.269 e. The highest BCUT2D eigenvalue weighted by molar-refractivity contribution is 5.63. The first kappa shape index (κ1) is 17.0. The van der Waals surface area contributed by atoms with E-state index in [2.05, 4.69) is 5.32 Å². The van der Waals surface area contributed by atoms with Crippen LogP contribution in [-0.4, -0.2) is 41.6 Å². The molecule has 0 unspecified atom stereocenters. The van der Waals surface area contributed by atoms with Gasteiger partial charge in [0.05, 0.1) is 4.92 Å². The Labute approximate surface area is 134 Å². The summed E-state index contributed by atoms with van der Waals surface area (Å²) in [5.74, 6) is 0. The molecule has 1 saturated heterocycles. The van der Waals surface area contributed by atoms with Crippen molar-refractivity contribution in [2.75, 3.05) is 19.6 Å². The summed E-state index contributed by atoms with van der Waals surface area (Å²) in [5.41, 5.74) is 1.00. The second-order valence-corrected chi connectivity index (χ2v) is 5.50. The molecule has 1 aliphatic heterocycles. The molecule has 1 aliphatic rings. The summed E-state index contributed by atoms with van der Waals surface area (Å²) in [6, 6.07) is 6.33. The third-order valence-electron chi connectivity index (χ3n) is 3.95. The van der Waals surface area contributed by atoms with Crippen LogP contribution in [-0.2, 0) is 6.42 Å². The van der Waals surface area contributed by atoms with Gasteiger partial charge < -0.3 is 20.1 Å². The average molecular weight is 318 g/mol. The van der Waals surface area contributed by atoms with Gasteiger partial charge in [-0.05, 0) is 37.9 Å². The van der Waals surface area contributed by atoms with Crippen LogP contribution in [0.5, 0.6) is 0 Å². The second-order valence-electron chi connectivity index (χ2n) is 5.50. The van der Waals surface area contributed by atoms with Gasteiger partial charge in [-0.25, -0.2) is 0 Å². The largest absolute Gasteiger partial charge is 0.530 e. The molecule has 0 atom stereocenters. The minimum Gasteiger partial charge on any atom is -0.530 e. The number of carbonyl (C=O) groups is 1. The Hall–Kier alpha value is -2.41. The van der Waals surface area contributed by atoms with Crippen molar-refractivity contribution in [3.8, 4) is 0 Å². The van der Waals surface area contributed by atoms with Crippen LogP contribution in [0.3, 0.4) is 0 Å². The summed E-state index contributed by atoms with van der Waals surface area (Å²) < 4.78 is 0. The average Bonchev–Trinajstić information content (AvgIpc) is 2.55. The van der Waals surface area contributed by atoms with Gasteiger partial charge in [-0.1, -0.05) is 24.3 Å². The normalized spacial score (nSPS) is 15.7. The van der Waals surface area contributed by atoms with Crippen molar-refractivity contribution < 1.29 is 14.8 Å². The molecule has 0 aliphatic carbocycles. The summed E-state index contributed by atoms with van der Waals surface area (Å²) >= 11 is 0. The molecule has 1 fully saturated rings. The lowest BCUT2D eigenvalue weighted by Gasteiger charge is -2.35. The molecule has 1 aromatic rings. The van der Waals surface area contributed by atoms with Crippen LogP contribution in [0.4, 0.5) is 10.5 Å². The number of nitro groups is 1. The molecule has 0 saturated carbocycles. The third kappa shape index (κ3) is 5.07. The monoisotopic (exact) mass is 318 g/mol. The first-order valence-corrected chi connectivity index (χ1v) is 7.64. The fourth-order valence-electron chi connectivity index (χ4n) is 2.65. The number of rotatable bonds is 6. The summed E-state index contributed by atoms with van der Waals surface area (Å²) in [6.07, 6.45) is 4.73. The zero-order valence-corrected chi connectivity index (χ0v) is 12.8. The first-order chi connectivity index (χ1) is 11.1. The Balaban J connectivity index is 1.86.